The molecular formula is C16H13BrN2O4S. The van der Waals surface area contributed by atoms with Crippen molar-refractivity contribution in [3.05, 3.63) is 46.9 Å². The number of rotatable bonds is 4. The summed E-state index contributed by atoms with van der Waals surface area (Å²) in [7, 11) is 0. The SMILES string of the molecule is O=C(CSc1ccc(Br)cc1)NC(=O)Nc1ccc2c(c1)OCO2. The molecule has 2 aromatic carbocycles. The number of benzene rings is 2. The lowest BCUT2D eigenvalue weighted by Gasteiger charge is -2.07. The van der Waals surface area contributed by atoms with E-state index in [1.807, 2.05) is 24.3 Å². The van der Waals surface area contributed by atoms with E-state index >= 15 is 0 Å². The van der Waals surface area contributed by atoms with E-state index in [0.29, 0.717) is 17.2 Å². The fourth-order valence-corrected chi connectivity index (χ4v) is 2.94. The van der Waals surface area contributed by atoms with Crippen molar-refractivity contribution in [1.29, 1.82) is 0 Å². The van der Waals surface area contributed by atoms with E-state index in [1.54, 1.807) is 18.2 Å². The smallest absolute Gasteiger partial charge is 0.325 e. The number of ether oxygens (including phenoxy) is 2. The number of carbonyl (C=O) groups is 2. The summed E-state index contributed by atoms with van der Waals surface area (Å²) in [5, 5.41) is 4.87. The van der Waals surface area contributed by atoms with Gasteiger partial charge in [0.15, 0.2) is 11.5 Å². The maximum Gasteiger partial charge on any atom is 0.325 e. The topological polar surface area (TPSA) is 76.7 Å². The number of imide groups is 1. The van der Waals surface area contributed by atoms with E-state index in [0.717, 1.165) is 9.37 Å². The summed E-state index contributed by atoms with van der Waals surface area (Å²) in [6.45, 7) is 0.163. The molecule has 6 nitrogen and oxygen atoms in total. The van der Waals surface area contributed by atoms with Crippen LogP contribution in [0.4, 0.5) is 10.5 Å². The molecule has 0 spiro atoms. The lowest BCUT2D eigenvalue weighted by Crippen LogP contribution is -2.35. The van der Waals surface area contributed by atoms with Gasteiger partial charge >= 0.3 is 6.03 Å². The Morgan fingerprint density at radius 1 is 1.08 bits per heavy atom. The van der Waals surface area contributed by atoms with Gasteiger partial charge in [0.1, 0.15) is 0 Å². The molecule has 0 atom stereocenters. The molecule has 124 valence electrons. The summed E-state index contributed by atoms with van der Waals surface area (Å²) in [4.78, 5) is 24.6. The van der Waals surface area contributed by atoms with E-state index in [-0.39, 0.29) is 18.5 Å². The number of hydrogen-bond donors (Lipinski definition) is 2. The molecule has 2 N–H and O–H groups in total. The summed E-state index contributed by atoms with van der Waals surface area (Å²) in [5.41, 5.74) is 0.519. The van der Waals surface area contributed by atoms with Crippen LogP contribution in [0.3, 0.4) is 0 Å². The monoisotopic (exact) mass is 408 g/mol. The van der Waals surface area contributed by atoms with Gasteiger partial charge in [-0.05, 0) is 36.4 Å². The van der Waals surface area contributed by atoms with Gasteiger partial charge < -0.3 is 14.8 Å². The number of thioether (sulfide) groups is 1. The highest BCUT2D eigenvalue weighted by molar-refractivity contribution is 9.10. The van der Waals surface area contributed by atoms with Crippen LogP contribution in [0.15, 0.2) is 51.8 Å². The van der Waals surface area contributed by atoms with Crippen molar-refractivity contribution >= 4 is 45.3 Å². The van der Waals surface area contributed by atoms with Crippen LogP contribution >= 0.6 is 27.7 Å². The van der Waals surface area contributed by atoms with Crippen LogP contribution in [0, 0.1) is 0 Å². The molecule has 0 aliphatic carbocycles. The minimum atomic E-state index is -0.588. The van der Waals surface area contributed by atoms with Crippen molar-refractivity contribution < 1.29 is 19.1 Å². The number of anilines is 1. The Hall–Kier alpha value is -2.19. The van der Waals surface area contributed by atoms with Gasteiger partial charge in [0, 0.05) is 21.1 Å². The molecule has 1 aliphatic heterocycles. The molecule has 0 bridgehead atoms. The van der Waals surface area contributed by atoms with E-state index in [1.165, 1.54) is 11.8 Å². The molecule has 1 aliphatic rings. The number of amides is 3. The van der Waals surface area contributed by atoms with Gasteiger partial charge in [0.2, 0.25) is 12.7 Å². The second-order valence-electron chi connectivity index (χ2n) is 4.81. The van der Waals surface area contributed by atoms with Crippen molar-refractivity contribution in [2.24, 2.45) is 0 Å². The number of halogens is 1. The van der Waals surface area contributed by atoms with Gasteiger partial charge in [-0.3, -0.25) is 10.1 Å². The lowest BCUT2D eigenvalue weighted by molar-refractivity contribution is -0.117. The van der Waals surface area contributed by atoms with Crippen LogP contribution in [-0.2, 0) is 4.79 Å². The number of urea groups is 1. The van der Waals surface area contributed by atoms with Crippen LogP contribution in [0.1, 0.15) is 0 Å². The second-order valence-corrected chi connectivity index (χ2v) is 6.78. The molecule has 2 aromatic rings. The third-order valence-electron chi connectivity index (χ3n) is 3.07. The molecule has 3 amide bonds. The molecule has 24 heavy (non-hydrogen) atoms. The van der Waals surface area contributed by atoms with Gasteiger partial charge in [-0.25, -0.2) is 4.79 Å². The highest BCUT2D eigenvalue weighted by atomic mass is 79.9. The maximum atomic E-state index is 11.8. The first-order valence-corrected chi connectivity index (χ1v) is 8.77. The van der Waals surface area contributed by atoms with Crippen LogP contribution in [0.5, 0.6) is 11.5 Å². The third-order valence-corrected chi connectivity index (χ3v) is 4.61. The van der Waals surface area contributed by atoms with Crippen LogP contribution in [-0.4, -0.2) is 24.5 Å². The Kier molecular flexibility index (Phi) is 5.27. The zero-order valence-corrected chi connectivity index (χ0v) is 14.8. The average molecular weight is 409 g/mol. The number of carbonyl (C=O) groups excluding carboxylic acids is 2. The fourth-order valence-electron chi connectivity index (χ4n) is 1.98. The summed E-state index contributed by atoms with van der Waals surface area (Å²) >= 11 is 4.70. The standard InChI is InChI=1S/C16H13BrN2O4S/c17-10-1-4-12(5-2-10)24-8-15(20)19-16(21)18-11-3-6-13-14(7-11)23-9-22-13/h1-7H,8-9H2,(H2,18,19,20,21). The molecule has 1 heterocycles. The normalized spacial score (nSPS) is 11.9. The Bertz CT molecular complexity index is 767. The highest BCUT2D eigenvalue weighted by Gasteiger charge is 2.15. The van der Waals surface area contributed by atoms with Crippen LogP contribution in [0.25, 0.3) is 0 Å². The molecular weight excluding hydrogens is 396 g/mol. The van der Waals surface area contributed by atoms with Gasteiger partial charge in [-0.1, -0.05) is 15.9 Å². The maximum absolute atomic E-state index is 11.8. The fraction of sp³-hybridized carbons (Fsp3) is 0.125. The van der Waals surface area contributed by atoms with E-state index < -0.39 is 6.03 Å². The predicted molar refractivity (Wildman–Crippen MR) is 94.6 cm³/mol. The summed E-state index contributed by atoms with van der Waals surface area (Å²) in [5.74, 6) is 0.963. The average Bonchev–Trinajstić information content (AvgIpc) is 3.02. The largest absolute Gasteiger partial charge is 0.454 e. The van der Waals surface area contributed by atoms with Gasteiger partial charge in [0.05, 0.1) is 5.75 Å². The molecule has 0 aromatic heterocycles. The minimum Gasteiger partial charge on any atom is -0.454 e. The Labute approximate surface area is 151 Å². The zero-order chi connectivity index (χ0) is 16.9. The first kappa shape index (κ1) is 16.7. The summed E-state index contributed by atoms with van der Waals surface area (Å²) < 4.78 is 11.4. The second kappa shape index (κ2) is 7.59. The molecule has 0 saturated carbocycles. The van der Waals surface area contributed by atoms with Crippen molar-refractivity contribution in [2.75, 3.05) is 17.9 Å². The van der Waals surface area contributed by atoms with Crippen molar-refractivity contribution in [3.63, 3.8) is 0 Å². The number of fused-ring (bicyclic) bond motifs is 1. The van der Waals surface area contributed by atoms with Gasteiger partial charge in [-0.15, -0.1) is 11.8 Å². The Morgan fingerprint density at radius 3 is 2.62 bits per heavy atom. The van der Waals surface area contributed by atoms with Crippen molar-refractivity contribution in [2.45, 2.75) is 4.90 Å². The first-order chi connectivity index (χ1) is 11.6. The molecule has 0 fully saturated rings. The third kappa shape index (κ3) is 4.42. The Morgan fingerprint density at radius 2 is 1.83 bits per heavy atom. The van der Waals surface area contributed by atoms with Gasteiger partial charge in [-0.2, -0.15) is 0 Å². The molecule has 0 unspecified atom stereocenters. The van der Waals surface area contributed by atoms with Crippen molar-refractivity contribution in [3.8, 4) is 11.5 Å². The van der Waals surface area contributed by atoms with E-state index in [9.17, 15) is 9.59 Å². The lowest BCUT2D eigenvalue weighted by atomic mass is 10.3. The first-order valence-electron chi connectivity index (χ1n) is 6.99. The van der Waals surface area contributed by atoms with Gasteiger partial charge in [0.25, 0.3) is 0 Å². The minimum absolute atomic E-state index is 0.149. The van der Waals surface area contributed by atoms with E-state index in [4.69, 9.17) is 9.47 Å². The zero-order valence-electron chi connectivity index (χ0n) is 12.4. The van der Waals surface area contributed by atoms with Crippen LogP contribution in [0.2, 0.25) is 0 Å². The van der Waals surface area contributed by atoms with Crippen molar-refractivity contribution in [1.82, 2.24) is 5.32 Å². The molecule has 3 rings (SSSR count). The quantitative estimate of drug-likeness (QED) is 0.755. The predicted octanol–water partition coefficient (Wildman–Crippen LogP) is 3.62. The van der Waals surface area contributed by atoms with E-state index in [2.05, 4.69) is 26.6 Å². The van der Waals surface area contributed by atoms with Crippen LogP contribution < -0.4 is 20.1 Å². The Balaban J connectivity index is 1.47. The molecule has 8 heteroatoms. The summed E-state index contributed by atoms with van der Waals surface area (Å²) in [6, 6.07) is 12.0. The number of nitrogens with one attached hydrogen (secondary N) is 2. The number of hydrogen-bond acceptors (Lipinski definition) is 5. The molecule has 0 radical (unpaired) electrons. The molecule has 0 saturated heterocycles. The highest BCUT2D eigenvalue weighted by Crippen LogP contribution is 2.34. The summed E-state index contributed by atoms with van der Waals surface area (Å²) in [6.07, 6.45) is 0.